The number of carbonyl (C=O) groups is 1. The molecule has 0 saturated carbocycles. The van der Waals surface area contributed by atoms with Crippen LogP contribution in [0.2, 0.25) is 0 Å². The van der Waals surface area contributed by atoms with E-state index in [1.165, 1.54) is 24.3 Å². The largest absolute Gasteiger partial charge is 0.494 e. The van der Waals surface area contributed by atoms with Gasteiger partial charge in [0.2, 0.25) is 0 Å². The van der Waals surface area contributed by atoms with Crippen molar-refractivity contribution in [3.05, 3.63) is 65.6 Å². The highest BCUT2D eigenvalue weighted by Crippen LogP contribution is 2.30. The van der Waals surface area contributed by atoms with Crippen LogP contribution in [-0.2, 0) is 0 Å². The van der Waals surface area contributed by atoms with Crippen LogP contribution in [0.3, 0.4) is 0 Å². The van der Waals surface area contributed by atoms with Gasteiger partial charge in [-0.05, 0) is 43.3 Å². The summed E-state index contributed by atoms with van der Waals surface area (Å²) in [5.41, 5.74) is 2.47. The number of methoxy groups -OCH3 is 1. The zero-order valence-corrected chi connectivity index (χ0v) is 12.8. The van der Waals surface area contributed by atoms with E-state index in [4.69, 9.17) is 4.74 Å². The van der Waals surface area contributed by atoms with Gasteiger partial charge >= 0.3 is 0 Å². The molecule has 0 aliphatic carbocycles. The van der Waals surface area contributed by atoms with Gasteiger partial charge in [-0.15, -0.1) is 0 Å². The first kappa shape index (κ1) is 15.0. The second-order valence-corrected chi connectivity index (χ2v) is 5.13. The molecule has 3 rings (SSSR count). The van der Waals surface area contributed by atoms with Gasteiger partial charge in [0.05, 0.1) is 12.8 Å². The van der Waals surface area contributed by atoms with Crippen molar-refractivity contribution in [3.63, 3.8) is 0 Å². The Bertz CT molecular complexity index is 876. The number of carbonyl (C=O) groups excluding carboxylic acids is 1. The number of halogens is 1. The number of aromatic nitrogens is 1. The number of aryl methyl sites for hydroxylation is 1. The zero-order chi connectivity index (χ0) is 16.4. The summed E-state index contributed by atoms with van der Waals surface area (Å²) in [7, 11) is 1.58. The molecule has 1 heterocycles. The van der Waals surface area contributed by atoms with Crippen LogP contribution in [0, 0.1) is 12.7 Å². The summed E-state index contributed by atoms with van der Waals surface area (Å²) >= 11 is 0. The number of rotatable bonds is 3. The lowest BCUT2D eigenvalue weighted by molar-refractivity contribution is 0.102. The fourth-order valence-electron chi connectivity index (χ4n) is 2.41. The summed E-state index contributed by atoms with van der Waals surface area (Å²) in [6.07, 6.45) is 0. The van der Waals surface area contributed by atoms with Crippen molar-refractivity contribution in [3.8, 4) is 5.75 Å². The third kappa shape index (κ3) is 2.99. The van der Waals surface area contributed by atoms with Gasteiger partial charge in [-0.1, -0.05) is 12.1 Å². The van der Waals surface area contributed by atoms with E-state index in [2.05, 4.69) is 10.3 Å². The SMILES string of the molecule is COc1cccc2c(NC(=O)c3ccc(F)cc3)cc(C)nc12. The maximum absolute atomic E-state index is 13.0. The number of benzene rings is 2. The first-order chi connectivity index (χ1) is 11.1. The maximum atomic E-state index is 13.0. The van der Waals surface area contributed by atoms with Crippen LogP contribution in [0.25, 0.3) is 10.9 Å². The van der Waals surface area contributed by atoms with Crippen molar-refractivity contribution in [2.24, 2.45) is 0 Å². The van der Waals surface area contributed by atoms with Crippen molar-refractivity contribution >= 4 is 22.5 Å². The molecule has 1 N–H and O–H groups in total. The van der Waals surface area contributed by atoms with Crippen molar-refractivity contribution in [2.75, 3.05) is 12.4 Å². The summed E-state index contributed by atoms with van der Waals surface area (Å²) in [4.78, 5) is 16.8. The topological polar surface area (TPSA) is 51.2 Å². The van der Waals surface area contributed by atoms with E-state index in [0.717, 1.165) is 11.1 Å². The molecule has 1 aromatic heterocycles. The van der Waals surface area contributed by atoms with Crippen LogP contribution < -0.4 is 10.1 Å². The van der Waals surface area contributed by atoms with Gasteiger partial charge < -0.3 is 10.1 Å². The fourth-order valence-corrected chi connectivity index (χ4v) is 2.41. The number of anilines is 1. The second kappa shape index (κ2) is 6.04. The summed E-state index contributed by atoms with van der Waals surface area (Å²) in [5.74, 6) is -0.0420. The Morgan fingerprint density at radius 2 is 1.91 bits per heavy atom. The van der Waals surface area contributed by atoms with Crippen LogP contribution in [0.5, 0.6) is 5.75 Å². The number of ether oxygens (including phenoxy) is 1. The average Bonchev–Trinajstić information content (AvgIpc) is 2.54. The number of hydrogen-bond donors (Lipinski definition) is 1. The monoisotopic (exact) mass is 310 g/mol. The van der Waals surface area contributed by atoms with Crippen LogP contribution in [-0.4, -0.2) is 18.0 Å². The molecule has 1 amide bonds. The summed E-state index contributed by atoms with van der Waals surface area (Å²) in [6.45, 7) is 1.85. The highest BCUT2D eigenvalue weighted by molar-refractivity contribution is 6.09. The summed E-state index contributed by atoms with van der Waals surface area (Å²) in [5, 5.41) is 3.64. The van der Waals surface area contributed by atoms with E-state index in [1.807, 2.05) is 25.1 Å². The molecule has 0 fully saturated rings. The first-order valence-electron chi connectivity index (χ1n) is 7.10. The molecule has 116 valence electrons. The first-order valence-corrected chi connectivity index (χ1v) is 7.10. The lowest BCUT2D eigenvalue weighted by atomic mass is 10.1. The van der Waals surface area contributed by atoms with E-state index in [1.54, 1.807) is 13.2 Å². The minimum absolute atomic E-state index is 0.306. The average molecular weight is 310 g/mol. The molecular weight excluding hydrogens is 295 g/mol. The van der Waals surface area contributed by atoms with E-state index >= 15 is 0 Å². The molecule has 3 aromatic rings. The third-order valence-electron chi connectivity index (χ3n) is 3.51. The van der Waals surface area contributed by atoms with Gasteiger partial charge in [0.25, 0.3) is 5.91 Å². The second-order valence-electron chi connectivity index (χ2n) is 5.13. The van der Waals surface area contributed by atoms with Crippen molar-refractivity contribution in [1.29, 1.82) is 0 Å². The van der Waals surface area contributed by atoms with Gasteiger partial charge in [-0.3, -0.25) is 4.79 Å². The van der Waals surface area contributed by atoms with Gasteiger partial charge in [-0.2, -0.15) is 0 Å². The van der Waals surface area contributed by atoms with Crippen LogP contribution in [0.15, 0.2) is 48.5 Å². The quantitative estimate of drug-likeness (QED) is 0.797. The van der Waals surface area contributed by atoms with E-state index in [9.17, 15) is 9.18 Å². The Labute approximate surface area is 132 Å². The molecule has 0 radical (unpaired) electrons. The Hall–Kier alpha value is -2.95. The Morgan fingerprint density at radius 3 is 2.61 bits per heavy atom. The van der Waals surface area contributed by atoms with Gasteiger partial charge in [-0.25, -0.2) is 9.37 Å². The molecule has 0 aliphatic rings. The van der Waals surface area contributed by atoms with Gasteiger partial charge in [0.15, 0.2) is 0 Å². The number of para-hydroxylation sites is 1. The molecule has 0 saturated heterocycles. The fraction of sp³-hybridized carbons (Fsp3) is 0.111. The molecule has 0 aliphatic heterocycles. The van der Waals surface area contributed by atoms with E-state index < -0.39 is 0 Å². The zero-order valence-electron chi connectivity index (χ0n) is 12.8. The molecule has 0 bridgehead atoms. The minimum Gasteiger partial charge on any atom is -0.494 e. The Balaban J connectivity index is 2.02. The molecule has 4 nitrogen and oxygen atoms in total. The van der Waals surface area contributed by atoms with E-state index in [0.29, 0.717) is 22.5 Å². The van der Waals surface area contributed by atoms with Gasteiger partial charge in [0, 0.05) is 16.6 Å². The smallest absolute Gasteiger partial charge is 0.255 e. The van der Waals surface area contributed by atoms with Crippen molar-refractivity contribution < 1.29 is 13.9 Å². The molecule has 0 spiro atoms. The molecule has 2 aromatic carbocycles. The molecular formula is C18H15FN2O2. The standard InChI is InChI=1S/C18H15FN2O2/c1-11-10-15(14-4-3-5-16(23-2)17(14)20-11)21-18(22)12-6-8-13(19)9-7-12/h3-10H,1-2H3,(H,20,21,22). The molecule has 5 heteroatoms. The van der Waals surface area contributed by atoms with Crippen LogP contribution in [0.4, 0.5) is 10.1 Å². The third-order valence-corrected chi connectivity index (χ3v) is 3.51. The minimum atomic E-state index is -0.378. The number of pyridine rings is 1. The highest BCUT2D eigenvalue weighted by Gasteiger charge is 2.12. The predicted molar refractivity (Wildman–Crippen MR) is 87.4 cm³/mol. The molecule has 23 heavy (non-hydrogen) atoms. The lowest BCUT2D eigenvalue weighted by Crippen LogP contribution is -2.12. The van der Waals surface area contributed by atoms with Crippen molar-refractivity contribution in [1.82, 2.24) is 4.98 Å². The van der Waals surface area contributed by atoms with E-state index in [-0.39, 0.29) is 11.7 Å². The maximum Gasteiger partial charge on any atom is 0.255 e. The van der Waals surface area contributed by atoms with Crippen molar-refractivity contribution in [2.45, 2.75) is 6.92 Å². The Morgan fingerprint density at radius 1 is 1.17 bits per heavy atom. The van der Waals surface area contributed by atoms with Crippen LogP contribution in [0.1, 0.15) is 16.1 Å². The number of hydrogen-bond acceptors (Lipinski definition) is 3. The predicted octanol–water partition coefficient (Wildman–Crippen LogP) is 3.94. The number of amides is 1. The van der Waals surface area contributed by atoms with Crippen LogP contribution >= 0.6 is 0 Å². The molecule has 0 atom stereocenters. The highest BCUT2D eigenvalue weighted by atomic mass is 19.1. The number of nitrogens with zero attached hydrogens (tertiary/aromatic N) is 1. The Kier molecular flexibility index (Phi) is 3.93. The molecule has 0 unspecified atom stereocenters. The summed E-state index contributed by atoms with van der Waals surface area (Å²) in [6, 6.07) is 12.7. The normalized spacial score (nSPS) is 10.6. The lowest BCUT2D eigenvalue weighted by Gasteiger charge is -2.12. The van der Waals surface area contributed by atoms with Gasteiger partial charge in [0.1, 0.15) is 17.1 Å². The summed E-state index contributed by atoms with van der Waals surface area (Å²) < 4.78 is 18.3. The number of nitrogens with one attached hydrogen (secondary N) is 1. The number of fused-ring (bicyclic) bond motifs is 1.